The Morgan fingerprint density at radius 3 is 2.82 bits per heavy atom. The van der Waals surface area contributed by atoms with E-state index in [4.69, 9.17) is 4.74 Å². The Morgan fingerprint density at radius 2 is 2.24 bits per heavy atom. The van der Waals surface area contributed by atoms with Gasteiger partial charge in [-0.15, -0.1) is 5.10 Å². The number of hydrogen-bond donors (Lipinski definition) is 0. The topological polar surface area (TPSA) is 39.9 Å². The van der Waals surface area contributed by atoms with Gasteiger partial charge in [-0.2, -0.15) is 0 Å². The van der Waals surface area contributed by atoms with Gasteiger partial charge in [0.2, 0.25) is 0 Å². The molecule has 0 bridgehead atoms. The molecule has 0 saturated carbocycles. The van der Waals surface area contributed by atoms with Crippen molar-refractivity contribution in [1.82, 2.24) is 15.0 Å². The van der Waals surface area contributed by atoms with Gasteiger partial charge in [-0.3, -0.25) is 0 Å². The quantitative estimate of drug-likeness (QED) is 0.787. The van der Waals surface area contributed by atoms with E-state index in [2.05, 4.69) is 42.2 Å². The van der Waals surface area contributed by atoms with Crippen molar-refractivity contribution in [3.63, 3.8) is 0 Å². The van der Waals surface area contributed by atoms with E-state index in [-0.39, 0.29) is 0 Å². The van der Waals surface area contributed by atoms with E-state index < -0.39 is 0 Å². The summed E-state index contributed by atoms with van der Waals surface area (Å²) < 4.78 is 7.94. The summed E-state index contributed by atoms with van der Waals surface area (Å²) in [5.41, 5.74) is 2.07. The molecule has 0 atom stereocenters. The molecular weight excluding hydrogens is 350 g/mol. The second-order valence-corrected chi connectivity index (χ2v) is 4.93. The number of benzene rings is 1. The molecule has 0 fully saturated rings. The first-order valence-electron chi connectivity index (χ1n) is 5.00. The van der Waals surface area contributed by atoms with Gasteiger partial charge in [0, 0.05) is 11.5 Å². The number of methoxy groups -OCH3 is 1. The van der Waals surface area contributed by atoms with Crippen LogP contribution in [0.4, 0.5) is 0 Å². The molecule has 0 amide bonds. The molecule has 0 radical (unpaired) electrons. The number of ether oxygens (including phenoxy) is 1. The molecule has 0 spiro atoms. The second-order valence-electron chi connectivity index (χ2n) is 3.51. The second kappa shape index (κ2) is 5.64. The van der Waals surface area contributed by atoms with Gasteiger partial charge in [-0.1, -0.05) is 27.2 Å². The lowest BCUT2D eigenvalue weighted by Gasteiger charge is -2.06. The van der Waals surface area contributed by atoms with Crippen molar-refractivity contribution in [2.24, 2.45) is 0 Å². The van der Waals surface area contributed by atoms with Gasteiger partial charge in [0.05, 0.1) is 23.8 Å². The smallest absolute Gasteiger partial charge is 0.133 e. The van der Waals surface area contributed by atoms with Gasteiger partial charge in [0.1, 0.15) is 5.75 Å². The molecule has 0 aliphatic heterocycles. The third-order valence-corrected chi connectivity index (χ3v) is 3.48. The van der Waals surface area contributed by atoms with E-state index in [0.717, 1.165) is 26.8 Å². The van der Waals surface area contributed by atoms with Crippen molar-refractivity contribution < 1.29 is 4.74 Å². The molecule has 90 valence electrons. The fraction of sp³-hybridized carbons (Fsp3) is 0.273. The van der Waals surface area contributed by atoms with E-state index in [1.807, 2.05) is 29.1 Å². The average Bonchev–Trinajstić information content (AvgIpc) is 2.77. The van der Waals surface area contributed by atoms with Crippen LogP contribution >= 0.6 is 31.9 Å². The number of nitrogens with zero attached hydrogens (tertiary/aromatic N) is 3. The summed E-state index contributed by atoms with van der Waals surface area (Å²) in [6.07, 6.45) is 1.92. The highest BCUT2D eigenvalue weighted by atomic mass is 79.9. The van der Waals surface area contributed by atoms with Gasteiger partial charge in [0.25, 0.3) is 0 Å². The summed E-state index contributed by atoms with van der Waals surface area (Å²) in [7, 11) is 1.65. The Hall–Kier alpha value is -0.880. The lowest BCUT2D eigenvalue weighted by molar-refractivity contribution is 0.412. The van der Waals surface area contributed by atoms with Gasteiger partial charge >= 0.3 is 0 Å². The summed E-state index contributed by atoms with van der Waals surface area (Å²) in [5.74, 6) is 0.827. The highest BCUT2D eigenvalue weighted by Gasteiger charge is 2.04. The van der Waals surface area contributed by atoms with E-state index in [1.165, 1.54) is 0 Å². The van der Waals surface area contributed by atoms with Gasteiger partial charge in [-0.05, 0) is 33.6 Å². The molecule has 1 aromatic heterocycles. The molecule has 6 heteroatoms. The van der Waals surface area contributed by atoms with Crippen molar-refractivity contribution in [2.75, 3.05) is 7.11 Å². The summed E-state index contributed by atoms with van der Waals surface area (Å²) in [6.45, 7) is 0.697. The molecule has 4 nitrogen and oxygen atoms in total. The predicted octanol–water partition coefficient (Wildman–Crippen LogP) is 2.99. The van der Waals surface area contributed by atoms with E-state index in [0.29, 0.717) is 6.54 Å². The largest absolute Gasteiger partial charge is 0.496 e. The van der Waals surface area contributed by atoms with Crippen molar-refractivity contribution in [3.05, 3.63) is 40.1 Å². The Labute approximate surface area is 116 Å². The highest BCUT2D eigenvalue weighted by molar-refractivity contribution is 9.10. The first-order chi connectivity index (χ1) is 8.22. The maximum Gasteiger partial charge on any atom is 0.133 e. The molecular formula is C11H11Br2N3O. The van der Waals surface area contributed by atoms with Crippen molar-refractivity contribution in [3.8, 4) is 5.75 Å². The van der Waals surface area contributed by atoms with Crippen LogP contribution < -0.4 is 4.74 Å². The number of aromatic nitrogens is 3. The average molecular weight is 361 g/mol. The summed E-state index contributed by atoms with van der Waals surface area (Å²) in [4.78, 5) is 0. The minimum Gasteiger partial charge on any atom is -0.496 e. The minimum atomic E-state index is 0.697. The molecule has 0 unspecified atom stereocenters. The van der Waals surface area contributed by atoms with Crippen LogP contribution in [0.1, 0.15) is 11.3 Å². The molecule has 0 N–H and O–H groups in total. The zero-order chi connectivity index (χ0) is 12.3. The first-order valence-corrected chi connectivity index (χ1v) is 6.91. The first kappa shape index (κ1) is 12.6. The molecule has 1 aromatic carbocycles. The van der Waals surface area contributed by atoms with Crippen molar-refractivity contribution in [1.29, 1.82) is 0 Å². The number of rotatable bonds is 4. The summed E-state index contributed by atoms with van der Waals surface area (Å²) >= 11 is 6.81. The van der Waals surface area contributed by atoms with Crippen LogP contribution in [0.5, 0.6) is 5.75 Å². The van der Waals surface area contributed by atoms with Crippen LogP contribution in [-0.4, -0.2) is 22.1 Å². The SMILES string of the molecule is COc1ccc(Cn2cc(CBr)nn2)cc1Br. The van der Waals surface area contributed by atoms with Crippen LogP contribution in [0.25, 0.3) is 0 Å². The molecule has 17 heavy (non-hydrogen) atoms. The zero-order valence-electron chi connectivity index (χ0n) is 9.23. The van der Waals surface area contributed by atoms with Crippen molar-refractivity contribution in [2.45, 2.75) is 11.9 Å². The molecule has 0 aliphatic rings. The molecule has 0 saturated heterocycles. The lowest BCUT2D eigenvalue weighted by Crippen LogP contribution is -2.00. The molecule has 1 heterocycles. The third kappa shape index (κ3) is 3.07. The highest BCUT2D eigenvalue weighted by Crippen LogP contribution is 2.25. The predicted molar refractivity (Wildman–Crippen MR) is 72.4 cm³/mol. The minimum absolute atomic E-state index is 0.697. The van der Waals surface area contributed by atoms with Gasteiger partial charge < -0.3 is 4.74 Å². The Balaban J connectivity index is 2.15. The molecule has 2 rings (SSSR count). The summed E-state index contributed by atoms with van der Waals surface area (Å²) in [6, 6.07) is 5.97. The van der Waals surface area contributed by atoms with Crippen LogP contribution in [0.15, 0.2) is 28.9 Å². The number of alkyl halides is 1. The van der Waals surface area contributed by atoms with Crippen LogP contribution in [0.3, 0.4) is 0 Å². The van der Waals surface area contributed by atoms with Crippen LogP contribution in [0.2, 0.25) is 0 Å². The number of halogens is 2. The molecule has 2 aromatic rings. The number of hydrogen-bond acceptors (Lipinski definition) is 3. The third-order valence-electron chi connectivity index (χ3n) is 2.28. The Morgan fingerprint density at radius 1 is 1.41 bits per heavy atom. The van der Waals surface area contributed by atoms with Crippen molar-refractivity contribution >= 4 is 31.9 Å². The monoisotopic (exact) mass is 359 g/mol. The lowest BCUT2D eigenvalue weighted by atomic mass is 10.2. The van der Waals surface area contributed by atoms with Crippen LogP contribution in [-0.2, 0) is 11.9 Å². The Kier molecular flexibility index (Phi) is 4.17. The normalized spacial score (nSPS) is 10.5. The Bertz CT molecular complexity index is 513. The van der Waals surface area contributed by atoms with E-state index in [9.17, 15) is 0 Å². The maximum absolute atomic E-state index is 5.18. The van der Waals surface area contributed by atoms with E-state index >= 15 is 0 Å². The van der Waals surface area contributed by atoms with Gasteiger partial charge in [0.15, 0.2) is 0 Å². The fourth-order valence-corrected chi connectivity index (χ4v) is 2.32. The fourth-order valence-electron chi connectivity index (χ4n) is 1.47. The maximum atomic E-state index is 5.18. The summed E-state index contributed by atoms with van der Waals surface area (Å²) in [5, 5.41) is 8.78. The standard InChI is InChI=1S/C11H11Br2N3O/c1-17-11-3-2-8(4-10(11)13)6-16-7-9(5-12)14-15-16/h2-4,7H,5-6H2,1H3. The van der Waals surface area contributed by atoms with Crippen LogP contribution in [0, 0.1) is 0 Å². The molecule has 0 aliphatic carbocycles. The van der Waals surface area contributed by atoms with Gasteiger partial charge in [-0.25, -0.2) is 4.68 Å². The zero-order valence-corrected chi connectivity index (χ0v) is 12.4. The van der Waals surface area contributed by atoms with E-state index in [1.54, 1.807) is 7.11 Å².